The van der Waals surface area contributed by atoms with Gasteiger partial charge in [0.05, 0.1) is 6.61 Å². The standard InChI is InChI=1S/C5H9NO3S/c1-9-2-3(10)4(6)5(7)8/h10H,2,6H2,1H3,(H,7,8)/b4-3-. The first-order valence-corrected chi connectivity index (χ1v) is 2.94. The van der Waals surface area contributed by atoms with Crippen LogP contribution < -0.4 is 5.73 Å². The molecule has 5 heteroatoms. The second-order valence-electron chi connectivity index (χ2n) is 1.60. The van der Waals surface area contributed by atoms with E-state index in [0.717, 1.165) is 0 Å². The van der Waals surface area contributed by atoms with Crippen LogP contribution >= 0.6 is 12.6 Å². The third kappa shape index (κ3) is 2.75. The van der Waals surface area contributed by atoms with Crippen molar-refractivity contribution in [3.8, 4) is 0 Å². The maximum Gasteiger partial charge on any atom is 0.352 e. The maximum atomic E-state index is 10.1. The van der Waals surface area contributed by atoms with E-state index in [1.54, 1.807) is 0 Å². The fraction of sp³-hybridized carbons (Fsp3) is 0.400. The van der Waals surface area contributed by atoms with E-state index < -0.39 is 5.97 Å². The molecule has 0 aromatic heterocycles. The SMILES string of the molecule is COC/C(S)=C(/N)C(=O)O. The number of hydrogen-bond donors (Lipinski definition) is 3. The van der Waals surface area contributed by atoms with Gasteiger partial charge in [-0.05, 0) is 0 Å². The van der Waals surface area contributed by atoms with Crippen LogP contribution in [0.2, 0.25) is 0 Å². The second kappa shape index (κ2) is 4.19. The molecule has 0 saturated heterocycles. The fourth-order valence-electron chi connectivity index (χ4n) is 0.338. The zero-order valence-electron chi connectivity index (χ0n) is 5.50. The van der Waals surface area contributed by atoms with E-state index in [2.05, 4.69) is 17.4 Å². The molecule has 58 valence electrons. The average molecular weight is 163 g/mol. The van der Waals surface area contributed by atoms with Gasteiger partial charge in [0.15, 0.2) is 0 Å². The Bertz CT molecular complexity index is 166. The Hall–Kier alpha value is -0.680. The van der Waals surface area contributed by atoms with Gasteiger partial charge in [0.25, 0.3) is 0 Å². The fourth-order valence-corrected chi connectivity index (χ4v) is 0.563. The molecule has 0 saturated carbocycles. The van der Waals surface area contributed by atoms with Gasteiger partial charge in [0, 0.05) is 12.0 Å². The van der Waals surface area contributed by atoms with Crippen molar-refractivity contribution in [1.29, 1.82) is 0 Å². The molecule has 0 amide bonds. The summed E-state index contributed by atoms with van der Waals surface area (Å²) in [5, 5.41) is 8.29. The minimum atomic E-state index is -1.18. The summed E-state index contributed by atoms with van der Waals surface area (Å²) in [5.41, 5.74) is 4.80. The molecule has 3 N–H and O–H groups in total. The lowest BCUT2D eigenvalue weighted by molar-refractivity contribution is -0.132. The largest absolute Gasteiger partial charge is 0.477 e. The zero-order valence-corrected chi connectivity index (χ0v) is 6.39. The van der Waals surface area contributed by atoms with Crippen LogP contribution in [-0.2, 0) is 9.53 Å². The predicted molar refractivity (Wildman–Crippen MR) is 39.7 cm³/mol. The molecule has 0 aliphatic carbocycles. The maximum absolute atomic E-state index is 10.1. The number of methoxy groups -OCH3 is 1. The van der Waals surface area contributed by atoms with Crippen LogP contribution in [0, 0.1) is 0 Å². The van der Waals surface area contributed by atoms with Gasteiger partial charge in [-0.2, -0.15) is 0 Å². The van der Waals surface area contributed by atoms with Crippen molar-refractivity contribution in [2.24, 2.45) is 5.73 Å². The first kappa shape index (κ1) is 9.32. The Labute approximate surface area is 64.1 Å². The monoisotopic (exact) mass is 163 g/mol. The number of hydrogen-bond acceptors (Lipinski definition) is 4. The van der Waals surface area contributed by atoms with E-state index in [4.69, 9.17) is 10.8 Å². The molecule has 0 aliphatic rings. The third-order valence-corrected chi connectivity index (χ3v) is 1.19. The molecule has 0 aliphatic heterocycles. The van der Waals surface area contributed by atoms with Gasteiger partial charge < -0.3 is 15.6 Å². The van der Waals surface area contributed by atoms with Crippen molar-refractivity contribution in [1.82, 2.24) is 0 Å². The van der Waals surface area contributed by atoms with Crippen LogP contribution in [0.4, 0.5) is 0 Å². The number of carboxylic acid groups (broad SMARTS) is 1. The summed E-state index contributed by atoms with van der Waals surface area (Å²) in [4.78, 5) is 10.4. The van der Waals surface area contributed by atoms with Gasteiger partial charge in [0.1, 0.15) is 5.70 Å². The van der Waals surface area contributed by atoms with E-state index in [1.165, 1.54) is 7.11 Å². The van der Waals surface area contributed by atoms with Gasteiger partial charge in [-0.1, -0.05) is 0 Å². The Balaban J connectivity index is 4.19. The van der Waals surface area contributed by atoms with Crippen LogP contribution in [0.15, 0.2) is 10.6 Å². The van der Waals surface area contributed by atoms with Crippen LogP contribution in [-0.4, -0.2) is 24.8 Å². The van der Waals surface area contributed by atoms with Crippen molar-refractivity contribution in [3.63, 3.8) is 0 Å². The summed E-state index contributed by atoms with van der Waals surface area (Å²) in [6.45, 7) is 0.126. The van der Waals surface area contributed by atoms with Crippen molar-refractivity contribution in [2.45, 2.75) is 0 Å². The van der Waals surface area contributed by atoms with Crippen LogP contribution in [0.5, 0.6) is 0 Å². The molecule has 0 aromatic carbocycles. The topological polar surface area (TPSA) is 72.5 Å². The molecule has 0 unspecified atom stereocenters. The Morgan fingerprint density at radius 1 is 1.80 bits per heavy atom. The number of ether oxygens (including phenoxy) is 1. The lowest BCUT2D eigenvalue weighted by atomic mass is 10.4. The molecule has 0 atom stereocenters. The molecular weight excluding hydrogens is 154 g/mol. The highest BCUT2D eigenvalue weighted by atomic mass is 32.1. The Kier molecular flexibility index (Phi) is 3.90. The van der Waals surface area contributed by atoms with Gasteiger partial charge in [-0.25, -0.2) is 4.79 Å². The summed E-state index contributed by atoms with van der Waals surface area (Å²) in [6.07, 6.45) is 0. The molecule has 0 radical (unpaired) electrons. The molecule has 0 rings (SSSR count). The Morgan fingerprint density at radius 2 is 2.30 bits per heavy atom. The van der Waals surface area contributed by atoms with E-state index in [-0.39, 0.29) is 17.2 Å². The normalized spacial score (nSPS) is 12.6. The molecule has 0 aromatic rings. The van der Waals surface area contributed by atoms with E-state index in [9.17, 15) is 4.79 Å². The smallest absolute Gasteiger partial charge is 0.352 e. The van der Waals surface area contributed by atoms with E-state index in [1.807, 2.05) is 0 Å². The van der Waals surface area contributed by atoms with Crippen molar-refractivity contribution in [3.05, 3.63) is 10.6 Å². The second-order valence-corrected chi connectivity index (χ2v) is 2.14. The van der Waals surface area contributed by atoms with Gasteiger partial charge in [0.2, 0.25) is 0 Å². The minimum Gasteiger partial charge on any atom is -0.477 e. The number of nitrogens with two attached hydrogens (primary N) is 1. The van der Waals surface area contributed by atoms with Crippen molar-refractivity contribution in [2.75, 3.05) is 13.7 Å². The summed E-state index contributed by atoms with van der Waals surface area (Å²) in [5.74, 6) is -1.18. The zero-order chi connectivity index (χ0) is 8.15. The molecule has 0 spiro atoms. The highest BCUT2D eigenvalue weighted by Crippen LogP contribution is 2.03. The molecule has 0 fully saturated rings. The number of rotatable bonds is 3. The first-order chi connectivity index (χ1) is 4.59. The number of thiol groups is 1. The number of aliphatic carboxylic acids is 1. The van der Waals surface area contributed by atoms with E-state index in [0.29, 0.717) is 0 Å². The van der Waals surface area contributed by atoms with Crippen molar-refractivity contribution < 1.29 is 14.6 Å². The molecular formula is C5H9NO3S. The van der Waals surface area contributed by atoms with Crippen LogP contribution in [0.1, 0.15) is 0 Å². The van der Waals surface area contributed by atoms with Crippen LogP contribution in [0.3, 0.4) is 0 Å². The summed E-state index contributed by atoms with van der Waals surface area (Å²) in [6, 6.07) is 0. The quantitative estimate of drug-likeness (QED) is 0.398. The Morgan fingerprint density at radius 3 is 2.60 bits per heavy atom. The minimum absolute atomic E-state index is 0.126. The molecule has 10 heavy (non-hydrogen) atoms. The number of carboxylic acids is 1. The molecule has 0 heterocycles. The highest BCUT2D eigenvalue weighted by Gasteiger charge is 2.05. The predicted octanol–water partition coefficient (Wildman–Crippen LogP) is -0.182. The summed E-state index contributed by atoms with van der Waals surface area (Å²) in [7, 11) is 1.44. The number of carbonyl (C=O) groups is 1. The van der Waals surface area contributed by atoms with E-state index >= 15 is 0 Å². The average Bonchev–Trinajstić information content (AvgIpc) is 1.87. The van der Waals surface area contributed by atoms with Crippen LogP contribution in [0.25, 0.3) is 0 Å². The summed E-state index contributed by atoms with van der Waals surface area (Å²) < 4.78 is 4.60. The molecule has 4 nitrogen and oxygen atoms in total. The molecule has 0 bridgehead atoms. The van der Waals surface area contributed by atoms with Gasteiger partial charge >= 0.3 is 5.97 Å². The lowest BCUT2D eigenvalue weighted by Crippen LogP contribution is -2.13. The highest BCUT2D eigenvalue weighted by molar-refractivity contribution is 7.84. The lowest BCUT2D eigenvalue weighted by Gasteiger charge is -1.99. The van der Waals surface area contributed by atoms with Gasteiger partial charge in [-0.3, -0.25) is 0 Å². The van der Waals surface area contributed by atoms with Gasteiger partial charge in [-0.15, -0.1) is 12.6 Å². The third-order valence-electron chi connectivity index (χ3n) is 0.822. The summed E-state index contributed by atoms with van der Waals surface area (Å²) >= 11 is 3.79. The van der Waals surface area contributed by atoms with Crippen molar-refractivity contribution >= 4 is 18.6 Å². The first-order valence-electron chi connectivity index (χ1n) is 2.49.